The van der Waals surface area contributed by atoms with Gasteiger partial charge in [-0.1, -0.05) is 84.0 Å². The largest absolute Gasteiger partial charge is 0.477 e. The Labute approximate surface area is 156 Å². The van der Waals surface area contributed by atoms with E-state index in [0.717, 1.165) is 13.0 Å². The maximum atomic E-state index is 10.9. The second-order valence-corrected chi connectivity index (χ2v) is 8.21. The zero-order valence-corrected chi connectivity index (χ0v) is 17.4. The highest BCUT2D eigenvalue weighted by Gasteiger charge is 2.24. The Hall–Kier alpha value is -0.610. The van der Waals surface area contributed by atoms with Crippen LogP contribution in [0.2, 0.25) is 0 Å². The van der Waals surface area contributed by atoms with Crippen LogP contribution in [0.1, 0.15) is 90.4 Å². The highest BCUT2D eigenvalue weighted by atomic mass is 16.5. The molecule has 25 heavy (non-hydrogen) atoms. The van der Waals surface area contributed by atoms with Crippen molar-refractivity contribution in [1.82, 2.24) is 0 Å². The average molecular weight is 359 g/mol. The van der Waals surface area contributed by atoms with Crippen LogP contribution in [0, 0.1) is 0 Å². The van der Waals surface area contributed by atoms with E-state index in [9.17, 15) is 4.79 Å². The van der Waals surface area contributed by atoms with Crippen LogP contribution in [-0.2, 0) is 9.53 Å². The molecule has 0 aliphatic carbocycles. The van der Waals surface area contributed by atoms with Crippen LogP contribution in [0.5, 0.6) is 0 Å². The molecule has 0 heterocycles. The summed E-state index contributed by atoms with van der Waals surface area (Å²) in [6, 6.07) is 0. The van der Waals surface area contributed by atoms with Gasteiger partial charge in [-0.05, 0) is 6.42 Å². The van der Waals surface area contributed by atoms with Crippen LogP contribution in [0.15, 0.2) is 0 Å². The van der Waals surface area contributed by atoms with Gasteiger partial charge in [0.2, 0.25) is 0 Å². The van der Waals surface area contributed by atoms with E-state index in [-0.39, 0.29) is 12.6 Å². The smallest absolute Gasteiger partial charge is 0.359 e. The maximum Gasteiger partial charge on any atom is 0.359 e. The summed E-state index contributed by atoms with van der Waals surface area (Å²) in [6.45, 7) is 3.18. The molecule has 0 rings (SSSR count). The molecule has 0 fully saturated rings. The van der Waals surface area contributed by atoms with Crippen LogP contribution >= 0.6 is 0 Å². The molecule has 0 saturated heterocycles. The predicted octanol–water partition coefficient (Wildman–Crippen LogP) is 5.25. The average Bonchev–Trinajstić information content (AvgIpc) is 2.53. The molecule has 0 aliphatic rings. The molecule has 0 saturated carbocycles. The van der Waals surface area contributed by atoms with Crippen molar-refractivity contribution in [3.8, 4) is 0 Å². The topological polar surface area (TPSA) is 46.5 Å². The second-order valence-electron chi connectivity index (χ2n) is 8.21. The molecular formula is C21H44NO3+. The molecule has 0 aromatic carbocycles. The molecular weight excluding hydrogens is 314 g/mol. The summed E-state index contributed by atoms with van der Waals surface area (Å²) in [5.74, 6) is -0.745. The molecule has 0 aliphatic heterocycles. The normalized spacial score (nSPS) is 13.1. The number of unbranched alkanes of at least 4 members (excludes halogenated alkanes) is 11. The number of hydrogen-bond donors (Lipinski definition) is 1. The summed E-state index contributed by atoms with van der Waals surface area (Å²) in [6.07, 6.45) is 17.5. The third-order valence-corrected chi connectivity index (χ3v) is 4.97. The summed E-state index contributed by atoms with van der Waals surface area (Å²) in [7, 11) is 5.66. The first-order valence-corrected chi connectivity index (χ1v) is 10.5. The van der Waals surface area contributed by atoms with Gasteiger partial charge in [0, 0.05) is 7.11 Å². The lowest BCUT2D eigenvalue weighted by molar-refractivity contribution is -0.886. The van der Waals surface area contributed by atoms with Crippen molar-refractivity contribution in [3.63, 3.8) is 0 Å². The van der Waals surface area contributed by atoms with Gasteiger partial charge in [-0.3, -0.25) is 0 Å². The van der Waals surface area contributed by atoms with Crippen molar-refractivity contribution in [2.75, 3.05) is 34.3 Å². The standard InChI is InChI=1S/C21H43NO3/c1-5-6-7-8-9-10-11-12-13-14-15-16-17-20(25-4)18-22(2,3)19-21(23)24/h20H,5-19H2,1-4H3/p+1. The number of methoxy groups -OCH3 is 1. The summed E-state index contributed by atoms with van der Waals surface area (Å²) in [4.78, 5) is 10.9. The number of rotatable bonds is 18. The summed E-state index contributed by atoms with van der Waals surface area (Å²) < 4.78 is 6.04. The Morgan fingerprint density at radius 1 is 0.880 bits per heavy atom. The molecule has 1 atom stereocenters. The number of carboxylic acid groups (broad SMARTS) is 1. The summed E-state index contributed by atoms with van der Waals surface area (Å²) in [5.41, 5.74) is 0. The Morgan fingerprint density at radius 3 is 1.72 bits per heavy atom. The Balaban J connectivity index is 3.54. The first-order valence-electron chi connectivity index (χ1n) is 10.5. The van der Waals surface area contributed by atoms with E-state index >= 15 is 0 Å². The third-order valence-electron chi connectivity index (χ3n) is 4.97. The molecule has 0 amide bonds. The van der Waals surface area contributed by atoms with Crippen molar-refractivity contribution >= 4 is 5.97 Å². The molecule has 0 bridgehead atoms. The first-order chi connectivity index (χ1) is 11.9. The molecule has 0 spiro atoms. The fourth-order valence-electron chi connectivity index (χ4n) is 3.48. The fourth-order valence-corrected chi connectivity index (χ4v) is 3.48. The van der Waals surface area contributed by atoms with Crippen molar-refractivity contribution < 1.29 is 19.1 Å². The van der Waals surface area contributed by atoms with Crippen molar-refractivity contribution in [1.29, 1.82) is 0 Å². The van der Waals surface area contributed by atoms with Gasteiger partial charge in [0.1, 0.15) is 12.6 Å². The quantitative estimate of drug-likeness (QED) is 0.269. The predicted molar refractivity (Wildman–Crippen MR) is 106 cm³/mol. The van der Waals surface area contributed by atoms with Crippen LogP contribution in [0.3, 0.4) is 0 Å². The number of aliphatic carboxylic acids is 1. The zero-order valence-electron chi connectivity index (χ0n) is 17.4. The van der Waals surface area contributed by atoms with Crippen LogP contribution < -0.4 is 0 Å². The molecule has 0 radical (unpaired) electrons. The van der Waals surface area contributed by atoms with Crippen LogP contribution in [0.4, 0.5) is 0 Å². The number of quaternary nitrogens is 1. The van der Waals surface area contributed by atoms with E-state index in [0.29, 0.717) is 4.48 Å². The minimum atomic E-state index is -0.745. The number of carbonyl (C=O) groups is 1. The Morgan fingerprint density at radius 2 is 1.32 bits per heavy atom. The molecule has 150 valence electrons. The lowest BCUT2D eigenvalue weighted by Gasteiger charge is -2.31. The van der Waals surface area contributed by atoms with E-state index in [1.807, 2.05) is 14.1 Å². The molecule has 4 heteroatoms. The molecule has 0 aromatic rings. The third kappa shape index (κ3) is 16.6. The van der Waals surface area contributed by atoms with Gasteiger partial charge in [-0.2, -0.15) is 0 Å². The van der Waals surface area contributed by atoms with Crippen LogP contribution in [-0.4, -0.2) is 56.0 Å². The molecule has 0 aromatic heterocycles. The second kappa shape index (κ2) is 15.6. The van der Waals surface area contributed by atoms with E-state index in [1.54, 1.807) is 7.11 Å². The fraction of sp³-hybridized carbons (Fsp3) is 0.952. The highest BCUT2D eigenvalue weighted by Crippen LogP contribution is 2.14. The Kier molecular flexibility index (Phi) is 15.2. The van der Waals surface area contributed by atoms with Crippen molar-refractivity contribution in [3.05, 3.63) is 0 Å². The van der Waals surface area contributed by atoms with Gasteiger partial charge < -0.3 is 14.3 Å². The summed E-state index contributed by atoms with van der Waals surface area (Å²) in [5, 5.41) is 8.97. The van der Waals surface area contributed by atoms with Crippen molar-refractivity contribution in [2.24, 2.45) is 0 Å². The highest BCUT2D eigenvalue weighted by molar-refractivity contribution is 5.67. The van der Waals surface area contributed by atoms with E-state index in [4.69, 9.17) is 9.84 Å². The van der Waals surface area contributed by atoms with Gasteiger partial charge >= 0.3 is 5.97 Å². The van der Waals surface area contributed by atoms with Gasteiger partial charge in [-0.25, -0.2) is 4.79 Å². The lowest BCUT2D eigenvalue weighted by Crippen LogP contribution is -2.48. The van der Waals surface area contributed by atoms with Crippen LogP contribution in [0.25, 0.3) is 0 Å². The Bertz CT molecular complexity index is 318. The first kappa shape index (κ1) is 24.4. The number of ether oxygens (including phenoxy) is 1. The molecule has 1 unspecified atom stereocenters. The SMILES string of the molecule is CCCCCCCCCCCCCCC(C[N+](C)(C)CC(=O)O)OC. The molecule has 4 nitrogen and oxygen atoms in total. The number of hydrogen-bond acceptors (Lipinski definition) is 2. The van der Waals surface area contributed by atoms with Gasteiger partial charge in [0.15, 0.2) is 6.54 Å². The number of nitrogens with zero attached hydrogens (tertiary/aromatic N) is 1. The maximum absolute atomic E-state index is 10.9. The minimum absolute atomic E-state index is 0.151. The van der Waals surface area contributed by atoms with Crippen molar-refractivity contribution in [2.45, 2.75) is 96.5 Å². The minimum Gasteiger partial charge on any atom is -0.477 e. The van der Waals surface area contributed by atoms with E-state index in [1.165, 1.54) is 77.0 Å². The molecule has 1 N–H and O–H groups in total. The number of carboxylic acids is 1. The number of likely N-dealkylation sites (N-methyl/N-ethyl adjacent to an activating group) is 1. The lowest BCUT2D eigenvalue weighted by atomic mass is 10.0. The van der Waals surface area contributed by atoms with Gasteiger partial charge in [-0.15, -0.1) is 0 Å². The van der Waals surface area contributed by atoms with Gasteiger partial charge in [0.05, 0.1) is 14.1 Å². The zero-order chi connectivity index (χ0) is 19.0. The van der Waals surface area contributed by atoms with E-state index in [2.05, 4.69) is 6.92 Å². The van der Waals surface area contributed by atoms with Gasteiger partial charge in [0.25, 0.3) is 0 Å². The summed E-state index contributed by atoms with van der Waals surface area (Å²) >= 11 is 0. The van der Waals surface area contributed by atoms with E-state index < -0.39 is 5.97 Å². The monoisotopic (exact) mass is 358 g/mol.